The van der Waals surface area contributed by atoms with Gasteiger partial charge in [0, 0.05) is 50.5 Å². The number of anilines is 1. The molecule has 0 spiro atoms. The molecular weight excluding hydrogens is 262 g/mol. The summed E-state index contributed by atoms with van der Waals surface area (Å²) in [6, 6.07) is 6.13. The second-order valence-electron chi connectivity index (χ2n) is 6.07. The molecule has 116 valence electrons. The van der Waals surface area contributed by atoms with Gasteiger partial charge in [0.15, 0.2) is 0 Å². The molecule has 0 aromatic heterocycles. The second-order valence-corrected chi connectivity index (χ2v) is 6.07. The van der Waals surface area contributed by atoms with E-state index in [4.69, 9.17) is 11.1 Å². The van der Waals surface area contributed by atoms with Crippen molar-refractivity contribution >= 4 is 11.5 Å². The fourth-order valence-electron chi connectivity index (χ4n) is 2.68. The van der Waals surface area contributed by atoms with Crippen molar-refractivity contribution in [1.29, 1.82) is 5.41 Å². The highest BCUT2D eigenvalue weighted by molar-refractivity contribution is 6.00. The van der Waals surface area contributed by atoms with E-state index in [0.717, 1.165) is 50.5 Å². The van der Waals surface area contributed by atoms with Crippen LogP contribution in [-0.4, -0.2) is 69.0 Å². The Balaban J connectivity index is 2.02. The molecule has 5 nitrogen and oxygen atoms in total. The lowest BCUT2D eigenvalue weighted by molar-refractivity contribution is 0.229. The summed E-state index contributed by atoms with van der Waals surface area (Å²) in [5.41, 5.74) is 8.89. The number of aryl methyl sites for hydroxylation is 1. The molecule has 1 heterocycles. The first kappa shape index (κ1) is 15.8. The summed E-state index contributed by atoms with van der Waals surface area (Å²) in [6.45, 7) is 8.44. The highest BCUT2D eigenvalue weighted by Crippen LogP contribution is 2.23. The van der Waals surface area contributed by atoms with Gasteiger partial charge in [-0.15, -0.1) is 0 Å². The number of benzene rings is 1. The normalized spacial score (nSPS) is 16.5. The van der Waals surface area contributed by atoms with E-state index < -0.39 is 0 Å². The number of hydrogen-bond acceptors (Lipinski definition) is 4. The van der Waals surface area contributed by atoms with Gasteiger partial charge in [0.25, 0.3) is 0 Å². The van der Waals surface area contributed by atoms with E-state index in [-0.39, 0.29) is 5.84 Å². The Hall–Kier alpha value is -1.59. The van der Waals surface area contributed by atoms with Crippen molar-refractivity contribution < 1.29 is 0 Å². The van der Waals surface area contributed by atoms with Crippen LogP contribution in [0.25, 0.3) is 0 Å². The number of nitrogen functional groups attached to an aromatic ring is 1. The van der Waals surface area contributed by atoms with Gasteiger partial charge in [-0.3, -0.25) is 10.3 Å². The summed E-state index contributed by atoms with van der Waals surface area (Å²) in [5, 5.41) is 7.75. The molecule has 0 amide bonds. The van der Waals surface area contributed by atoms with E-state index in [0.29, 0.717) is 0 Å². The fraction of sp³-hybridized carbons (Fsp3) is 0.562. The Morgan fingerprint density at radius 1 is 1.24 bits per heavy atom. The molecule has 0 atom stereocenters. The Kier molecular flexibility index (Phi) is 5.20. The van der Waals surface area contributed by atoms with Crippen molar-refractivity contribution in [3.05, 3.63) is 29.3 Å². The molecular formula is C16H27N5. The minimum absolute atomic E-state index is 0.153. The number of nitrogens with one attached hydrogen (secondary N) is 1. The predicted octanol–water partition coefficient (Wildman–Crippen LogP) is 0.963. The van der Waals surface area contributed by atoms with Gasteiger partial charge in [-0.25, -0.2) is 0 Å². The topological polar surface area (TPSA) is 59.6 Å². The monoisotopic (exact) mass is 289 g/mol. The SMILES string of the molecule is Cc1ccc(C(=N)N)c(N2CCN(CCN(C)C)CC2)c1. The molecule has 1 saturated heterocycles. The molecule has 1 aliphatic heterocycles. The van der Waals surface area contributed by atoms with E-state index in [1.165, 1.54) is 5.56 Å². The Bertz CT molecular complexity index is 489. The van der Waals surface area contributed by atoms with Crippen LogP contribution in [0.3, 0.4) is 0 Å². The number of hydrogen-bond donors (Lipinski definition) is 2. The quantitative estimate of drug-likeness (QED) is 0.626. The molecule has 0 aliphatic carbocycles. The molecule has 1 aromatic carbocycles. The third kappa shape index (κ3) is 4.19. The summed E-state index contributed by atoms with van der Waals surface area (Å²) in [7, 11) is 4.23. The second kappa shape index (κ2) is 6.91. The molecule has 3 N–H and O–H groups in total. The smallest absolute Gasteiger partial charge is 0.124 e. The maximum atomic E-state index is 7.75. The standard InChI is InChI=1S/C16H27N5/c1-13-4-5-14(16(17)18)15(12-13)21-10-8-20(9-11-21)7-6-19(2)3/h4-5,12H,6-11H2,1-3H3,(H3,17,18). The van der Waals surface area contributed by atoms with Crippen molar-refractivity contribution in [2.45, 2.75) is 6.92 Å². The number of amidine groups is 1. The van der Waals surface area contributed by atoms with Crippen LogP contribution in [0.5, 0.6) is 0 Å². The van der Waals surface area contributed by atoms with Crippen LogP contribution in [0.2, 0.25) is 0 Å². The Morgan fingerprint density at radius 3 is 2.48 bits per heavy atom. The number of rotatable bonds is 5. The summed E-state index contributed by atoms with van der Waals surface area (Å²) < 4.78 is 0. The van der Waals surface area contributed by atoms with E-state index in [9.17, 15) is 0 Å². The van der Waals surface area contributed by atoms with E-state index in [1.54, 1.807) is 0 Å². The van der Waals surface area contributed by atoms with Crippen molar-refractivity contribution in [2.75, 3.05) is 58.3 Å². The van der Waals surface area contributed by atoms with Gasteiger partial charge in [-0.1, -0.05) is 6.07 Å². The number of nitrogens with zero attached hydrogens (tertiary/aromatic N) is 3. The van der Waals surface area contributed by atoms with Gasteiger partial charge in [-0.05, 0) is 38.7 Å². The molecule has 0 unspecified atom stereocenters. The van der Waals surface area contributed by atoms with E-state index >= 15 is 0 Å². The number of piperazine rings is 1. The van der Waals surface area contributed by atoms with Crippen LogP contribution in [0.4, 0.5) is 5.69 Å². The van der Waals surface area contributed by atoms with Gasteiger partial charge >= 0.3 is 0 Å². The zero-order chi connectivity index (χ0) is 15.4. The first-order valence-electron chi connectivity index (χ1n) is 7.54. The lowest BCUT2D eigenvalue weighted by Crippen LogP contribution is -2.48. The average molecular weight is 289 g/mol. The predicted molar refractivity (Wildman–Crippen MR) is 89.4 cm³/mol. The van der Waals surface area contributed by atoms with Crippen LogP contribution in [0, 0.1) is 12.3 Å². The molecule has 21 heavy (non-hydrogen) atoms. The number of nitrogens with two attached hydrogens (primary N) is 1. The molecule has 0 bridgehead atoms. The molecule has 2 rings (SSSR count). The summed E-state index contributed by atoms with van der Waals surface area (Å²) in [5.74, 6) is 0.153. The molecule has 1 fully saturated rings. The third-order valence-electron chi connectivity index (χ3n) is 4.02. The number of likely N-dealkylation sites (N-methyl/N-ethyl adjacent to an activating group) is 1. The van der Waals surface area contributed by atoms with Crippen LogP contribution in [0.15, 0.2) is 18.2 Å². The summed E-state index contributed by atoms with van der Waals surface area (Å²) in [4.78, 5) is 7.08. The Labute approximate surface area is 127 Å². The molecule has 1 aliphatic rings. The zero-order valence-corrected chi connectivity index (χ0v) is 13.4. The highest BCUT2D eigenvalue weighted by atomic mass is 15.3. The van der Waals surface area contributed by atoms with Gasteiger partial charge in [0.2, 0.25) is 0 Å². The lowest BCUT2D eigenvalue weighted by atomic mass is 10.1. The largest absolute Gasteiger partial charge is 0.384 e. The van der Waals surface area contributed by atoms with Crippen LogP contribution < -0.4 is 10.6 Å². The Morgan fingerprint density at radius 2 is 1.90 bits per heavy atom. The minimum atomic E-state index is 0.153. The minimum Gasteiger partial charge on any atom is -0.384 e. The van der Waals surface area contributed by atoms with Crippen molar-refractivity contribution in [1.82, 2.24) is 9.80 Å². The zero-order valence-electron chi connectivity index (χ0n) is 13.4. The molecule has 0 radical (unpaired) electrons. The fourth-order valence-corrected chi connectivity index (χ4v) is 2.68. The van der Waals surface area contributed by atoms with Gasteiger partial charge in [-0.2, -0.15) is 0 Å². The lowest BCUT2D eigenvalue weighted by Gasteiger charge is -2.37. The van der Waals surface area contributed by atoms with Crippen LogP contribution >= 0.6 is 0 Å². The van der Waals surface area contributed by atoms with Gasteiger partial charge in [0.05, 0.1) is 0 Å². The summed E-state index contributed by atoms with van der Waals surface area (Å²) in [6.07, 6.45) is 0. The van der Waals surface area contributed by atoms with E-state index in [2.05, 4.69) is 41.8 Å². The maximum Gasteiger partial charge on any atom is 0.124 e. The molecule has 5 heteroatoms. The first-order valence-corrected chi connectivity index (χ1v) is 7.54. The van der Waals surface area contributed by atoms with Gasteiger partial charge < -0.3 is 15.5 Å². The average Bonchev–Trinajstić information content (AvgIpc) is 2.45. The molecule has 0 saturated carbocycles. The highest BCUT2D eigenvalue weighted by Gasteiger charge is 2.19. The molecule has 1 aromatic rings. The van der Waals surface area contributed by atoms with Crippen molar-refractivity contribution in [2.24, 2.45) is 5.73 Å². The van der Waals surface area contributed by atoms with E-state index in [1.807, 2.05) is 12.1 Å². The summed E-state index contributed by atoms with van der Waals surface area (Å²) >= 11 is 0. The van der Waals surface area contributed by atoms with Gasteiger partial charge in [0.1, 0.15) is 5.84 Å². The van der Waals surface area contributed by atoms with Crippen LogP contribution in [0.1, 0.15) is 11.1 Å². The third-order valence-corrected chi connectivity index (χ3v) is 4.02. The van der Waals surface area contributed by atoms with Crippen LogP contribution in [-0.2, 0) is 0 Å². The van der Waals surface area contributed by atoms with Crippen molar-refractivity contribution in [3.63, 3.8) is 0 Å². The maximum absolute atomic E-state index is 7.75. The first-order chi connectivity index (χ1) is 9.97. The van der Waals surface area contributed by atoms with Crippen molar-refractivity contribution in [3.8, 4) is 0 Å².